The molecule has 0 unspecified atom stereocenters. The van der Waals surface area contributed by atoms with Gasteiger partial charge in [0.05, 0.1) is 0 Å². The third kappa shape index (κ3) is 1.36. The van der Waals surface area contributed by atoms with Crippen LogP contribution in [-0.4, -0.2) is 5.78 Å². The molecule has 78 valence electrons. The quantitative estimate of drug-likeness (QED) is 0.682. The van der Waals surface area contributed by atoms with Crippen LogP contribution in [0, 0.1) is 11.8 Å². The third-order valence-electron chi connectivity index (χ3n) is 3.18. The summed E-state index contributed by atoms with van der Waals surface area (Å²) < 4.78 is 0. The molecule has 0 spiro atoms. The van der Waals surface area contributed by atoms with Crippen LogP contribution in [0.5, 0.6) is 0 Å². The SMILES string of the molecule is O=C1C(C2C=CC=C2)=CC=C1C1C=CC=C1. The number of hydrogen-bond donors (Lipinski definition) is 0. The molecule has 0 aromatic rings. The summed E-state index contributed by atoms with van der Waals surface area (Å²) in [6.45, 7) is 0. The third-order valence-corrected chi connectivity index (χ3v) is 3.18. The molecule has 0 radical (unpaired) electrons. The van der Waals surface area contributed by atoms with Gasteiger partial charge in [0.15, 0.2) is 5.78 Å². The summed E-state index contributed by atoms with van der Waals surface area (Å²) in [5.41, 5.74) is 1.79. The van der Waals surface area contributed by atoms with E-state index in [0.717, 1.165) is 11.1 Å². The van der Waals surface area contributed by atoms with Crippen LogP contribution in [0.4, 0.5) is 0 Å². The lowest BCUT2D eigenvalue weighted by molar-refractivity contribution is -0.112. The molecule has 0 amide bonds. The molecule has 3 aliphatic carbocycles. The second kappa shape index (κ2) is 3.60. The van der Waals surface area contributed by atoms with E-state index in [9.17, 15) is 4.79 Å². The van der Waals surface area contributed by atoms with Gasteiger partial charge in [-0.2, -0.15) is 0 Å². The van der Waals surface area contributed by atoms with Crippen molar-refractivity contribution in [3.63, 3.8) is 0 Å². The first-order chi connectivity index (χ1) is 7.86. The molecule has 1 nitrogen and oxygen atoms in total. The van der Waals surface area contributed by atoms with Crippen LogP contribution >= 0.6 is 0 Å². The van der Waals surface area contributed by atoms with E-state index >= 15 is 0 Å². The minimum absolute atomic E-state index is 0.176. The van der Waals surface area contributed by atoms with Crippen molar-refractivity contribution in [3.8, 4) is 0 Å². The predicted molar refractivity (Wildman–Crippen MR) is 64.7 cm³/mol. The molecule has 0 aromatic heterocycles. The maximum atomic E-state index is 12.2. The molecular formula is C15H12O. The van der Waals surface area contributed by atoms with Gasteiger partial charge >= 0.3 is 0 Å². The van der Waals surface area contributed by atoms with Crippen molar-refractivity contribution in [3.05, 3.63) is 71.9 Å². The maximum Gasteiger partial charge on any atom is 0.186 e. The summed E-state index contributed by atoms with van der Waals surface area (Å²) in [7, 11) is 0. The molecule has 3 aliphatic rings. The number of carbonyl (C=O) groups is 1. The molecule has 0 saturated heterocycles. The number of rotatable bonds is 2. The first-order valence-electron chi connectivity index (χ1n) is 5.53. The van der Waals surface area contributed by atoms with Crippen molar-refractivity contribution in [1.82, 2.24) is 0 Å². The second-order valence-corrected chi connectivity index (χ2v) is 4.16. The van der Waals surface area contributed by atoms with E-state index in [1.54, 1.807) is 0 Å². The zero-order chi connectivity index (χ0) is 11.0. The summed E-state index contributed by atoms with van der Waals surface area (Å²) in [5.74, 6) is 0.550. The minimum Gasteiger partial charge on any atom is -0.289 e. The van der Waals surface area contributed by atoms with Crippen LogP contribution in [0.15, 0.2) is 71.9 Å². The molecule has 0 fully saturated rings. The number of carbonyl (C=O) groups excluding carboxylic acids is 1. The highest BCUT2D eigenvalue weighted by atomic mass is 16.1. The molecule has 3 rings (SSSR count). The normalized spacial score (nSPS) is 23.6. The summed E-state index contributed by atoms with van der Waals surface area (Å²) in [4.78, 5) is 12.2. The van der Waals surface area contributed by atoms with E-state index in [2.05, 4.69) is 24.3 Å². The zero-order valence-corrected chi connectivity index (χ0v) is 8.84. The van der Waals surface area contributed by atoms with Crippen LogP contribution in [0.2, 0.25) is 0 Å². The summed E-state index contributed by atoms with van der Waals surface area (Å²) >= 11 is 0. The fourth-order valence-corrected chi connectivity index (χ4v) is 2.30. The minimum atomic E-state index is 0.176. The number of Topliss-reactive ketones (excluding diaryl/α,β-unsaturated/α-hetero) is 1. The fourth-order valence-electron chi connectivity index (χ4n) is 2.30. The van der Waals surface area contributed by atoms with Gasteiger partial charge in [-0.1, -0.05) is 60.8 Å². The lowest BCUT2D eigenvalue weighted by Crippen LogP contribution is -2.11. The molecular weight excluding hydrogens is 196 g/mol. The largest absolute Gasteiger partial charge is 0.289 e. The Morgan fingerprint density at radius 3 is 1.44 bits per heavy atom. The average molecular weight is 208 g/mol. The summed E-state index contributed by atoms with van der Waals surface area (Å²) in [5, 5.41) is 0. The molecule has 0 bridgehead atoms. The van der Waals surface area contributed by atoms with E-state index in [-0.39, 0.29) is 17.6 Å². The fraction of sp³-hybridized carbons (Fsp3) is 0.133. The Bertz CT molecular complexity index is 440. The molecule has 0 aromatic carbocycles. The van der Waals surface area contributed by atoms with Crippen LogP contribution in [0.3, 0.4) is 0 Å². The number of allylic oxidation sites excluding steroid dienone is 12. The van der Waals surface area contributed by atoms with Crippen molar-refractivity contribution in [1.29, 1.82) is 0 Å². The van der Waals surface area contributed by atoms with Crippen LogP contribution in [0.1, 0.15) is 0 Å². The maximum absolute atomic E-state index is 12.2. The highest BCUT2D eigenvalue weighted by Gasteiger charge is 2.28. The second-order valence-electron chi connectivity index (χ2n) is 4.16. The van der Waals surface area contributed by atoms with Crippen LogP contribution < -0.4 is 0 Å². The first-order valence-corrected chi connectivity index (χ1v) is 5.53. The van der Waals surface area contributed by atoms with Gasteiger partial charge in [0.2, 0.25) is 0 Å². The summed E-state index contributed by atoms with van der Waals surface area (Å²) in [6.07, 6.45) is 20.1. The van der Waals surface area contributed by atoms with E-state index in [1.807, 2.05) is 36.5 Å². The van der Waals surface area contributed by atoms with Gasteiger partial charge in [-0.25, -0.2) is 0 Å². The Kier molecular flexibility index (Phi) is 2.10. The molecule has 1 heteroatoms. The average Bonchev–Trinajstić information content (AvgIpc) is 2.96. The topological polar surface area (TPSA) is 17.1 Å². The summed E-state index contributed by atoms with van der Waals surface area (Å²) in [6, 6.07) is 0. The van der Waals surface area contributed by atoms with Gasteiger partial charge in [-0.3, -0.25) is 4.79 Å². The molecule has 0 atom stereocenters. The Labute approximate surface area is 94.9 Å². The Hall–Kier alpha value is -1.89. The van der Waals surface area contributed by atoms with Crippen molar-refractivity contribution >= 4 is 5.78 Å². The lowest BCUT2D eigenvalue weighted by atomic mass is 9.92. The zero-order valence-electron chi connectivity index (χ0n) is 8.84. The van der Waals surface area contributed by atoms with E-state index in [1.165, 1.54) is 0 Å². The monoisotopic (exact) mass is 208 g/mol. The van der Waals surface area contributed by atoms with Gasteiger partial charge in [0, 0.05) is 23.0 Å². The van der Waals surface area contributed by atoms with E-state index < -0.39 is 0 Å². The molecule has 0 heterocycles. The lowest BCUT2D eigenvalue weighted by Gasteiger charge is -2.10. The van der Waals surface area contributed by atoms with Gasteiger partial charge in [-0.05, 0) is 0 Å². The highest BCUT2D eigenvalue weighted by Crippen LogP contribution is 2.32. The van der Waals surface area contributed by atoms with Crippen molar-refractivity contribution < 1.29 is 4.79 Å². The van der Waals surface area contributed by atoms with Crippen molar-refractivity contribution in [2.24, 2.45) is 11.8 Å². The molecule has 0 N–H and O–H groups in total. The van der Waals surface area contributed by atoms with Crippen LogP contribution in [-0.2, 0) is 4.79 Å². The first kappa shape index (κ1) is 9.34. The van der Waals surface area contributed by atoms with E-state index in [0.29, 0.717) is 0 Å². The van der Waals surface area contributed by atoms with Crippen molar-refractivity contribution in [2.45, 2.75) is 0 Å². The molecule has 16 heavy (non-hydrogen) atoms. The van der Waals surface area contributed by atoms with Crippen LogP contribution in [0.25, 0.3) is 0 Å². The molecule has 0 saturated carbocycles. The Morgan fingerprint density at radius 2 is 1.06 bits per heavy atom. The molecule has 0 aliphatic heterocycles. The van der Waals surface area contributed by atoms with Gasteiger partial charge in [-0.15, -0.1) is 0 Å². The van der Waals surface area contributed by atoms with E-state index in [4.69, 9.17) is 0 Å². The smallest absolute Gasteiger partial charge is 0.186 e. The van der Waals surface area contributed by atoms with Crippen molar-refractivity contribution in [2.75, 3.05) is 0 Å². The predicted octanol–water partition coefficient (Wildman–Crippen LogP) is 2.91. The highest BCUT2D eigenvalue weighted by molar-refractivity contribution is 6.12. The number of hydrogen-bond acceptors (Lipinski definition) is 1. The number of ketones is 1. The standard InChI is InChI=1S/C15H12O/c16-15-13(11-5-1-2-6-11)9-10-14(15)12-7-3-4-8-12/h1-12H. The Morgan fingerprint density at radius 1 is 0.688 bits per heavy atom. The van der Waals surface area contributed by atoms with Gasteiger partial charge < -0.3 is 0 Å². The Balaban J connectivity index is 1.82. The van der Waals surface area contributed by atoms with Gasteiger partial charge in [0.25, 0.3) is 0 Å². The van der Waals surface area contributed by atoms with Gasteiger partial charge in [0.1, 0.15) is 0 Å².